The van der Waals surface area contributed by atoms with E-state index in [4.69, 9.17) is 5.11 Å². The predicted octanol–water partition coefficient (Wildman–Crippen LogP) is 0.552. The molecule has 2 N–H and O–H groups in total. The summed E-state index contributed by atoms with van der Waals surface area (Å²) in [5.41, 5.74) is 1.84. The van der Waals surface area contributed by atoms with Crippen LogP contribution in [0.15, 0.2) is 18.2 Å². The molecule has 0 aromatic heterocycles. The molecule has 6 heteroatoms. The normalized spacial score (nSPS) is 20.7. The molecule has 0 spiro atoms. The van der Waals surface area contributed by atoms with Crippen molar-refractivity contribution in [2.45, 2.75) is 25.3 Å². The fraction of sp³-hybridized carbons (Fsp3) is 0.357. The number of nitrogens with one attached hydrogen (secondary N) is 1. The zero-order valence-electron chi connectivity index (χ0n) is 10.8. The van der Waals surface area contributed by atoms with E-state index in [1.807, 2.05) is 0 Å². The zero-order chi connectivity index (χ0) is 14.3. The van der Waals surface area contributed by atoms with Crippen molar-refractivity contribution >= 4 is 23.5 Å². The molecule has 1 aromatic rings. The summed E-state index contributed by atoms with van der Waals surface area (Å²) in [6.07, 6.45) is 1.55. The first-order chi connectivity index (χ1) is 9.56. The molecule has 20 heavy (non-hydrogen) atoms. The van der Waals surface area contributed by atoms with Gasteiger partial charge in [-0.1, -0.05) is 0 Å². The Bertz CT molecular complexity index is 611. The summed E-state index contributed by atoms with van der Waals surface area (Å²) in [6, 6.07) is 4.33. The number of carbonyl (C=O) groups is 3. The molecule has 6 nitrogen and oxygen atoms in total. The minimum atomic E-state index is -0.972. The molecule has 2 amide bonds. The number of fused-ring (bicyclic) bond motifs is 1. The summed E-state index contributed by atoms with van der Waals surface area (Å²) in [5.74, 6) is -1.18. The van der Waals surface area contributed by atoms with Crippen molar-refractivity contribution < 1.29 is 19.5 Å². The van der Waals surface area contributed by atoms with Crippen LogP contribution >= 0.6 is 0 Å². The lowest BCUT2D eigenvalue weighted by Crippen LogP contribution is -2.43. The molecule has 1 aromatic carbocycles. The molecule has 2 aliphatic heterocycles. The second-order valence-electron chi connectivity index (χ2n) is 5.05. The zero-order valence-corrected chi connectivity index (χ0v) is 10.8. The Balaban J connectivity index is 1.84. The first kappa shape index (κ1) is 12.7. The Morgan fingerprint density at radius 1 is 1.30 bits per heavy atom. The van der Waals surface area contributed by atoms with Crippen LogP contribution in [0.4, 0.5) is 5.69 Å². The number of hydrogen-bond donors (Lipinski definition) is 2. The summed E-state index contributed by atoms with van der Waals surface area (Å²) in [4.78, 5) is 36.1. The maximum atomic E-state index is 12.4. The molecular formula is C14H14N2O4. The number of carboxylic acid groups (broad SMARTS) is 1. The van der Waals surface area contributed by atoms with E-state index in [1.54, 1.807) is 17.0 Å². The molecule has 1 atom stereocenters. The second kappa shape index (κ2) is 4.63. The van der Waals surface area contributed by atoms with Crippen molar-refractivity contribution in [3.63, 3.8) is 0 Å². The summed E-state index contributed by atoms with van der Waals surface area (Å²) < 4.78 is 0. The van der Waals surface area contributed by atoms with E-state index in [2.05, 4.69) is 5.32 Å². The molecule has 0 saturated carbocycles. The third-order valence-corrected chi connectivity index (χ3v) is 3.78. The fourth-order valence-electron chi connectivity index (χ4n) is 2.75. The largest absolute Gasteiger partial charge is 0.478 e. The number of amides is 2. The van der Waals surface area contributed by atoms with Gasteiger partial charge in [0.1, 0.15) is 6.04 Å². The second-order valence-corrected chi connectivity index (χ2v) is 5.05. The summed E-state index contributed by atoms with van der Waals surface area (Å²) in [6.45, 7) is 0.531. The molecule has 3 rings (SSSR count). The number of benzene rings is 1. The van der Waals surface area contributed by atoms with Crippen LogP contribution in [0, 0.1) is 0 Å². The molecule has 0 radical (unpaired) electrons. The average Bonchev–Trinajstić information content (AvgIpc) is 3.03. The van der Waals surface area contributed by atoms with E-state index in [0.29, 0.717) is 25.8 Å². The lowest BCUT2D eigenvalue weighted by atomic mass is 10.1. The summed E-state index contributed by atoms with van der Waals surface area (Å²) in [7, 11) is 0. The summed E-state index contributed by atoms with van der Waals surface area (Å²) >= 11 is 0. The van der Waals surface area contributed by atoms with Crippen LogP contribution in [-0.4, -0.2) is 35.5 Å². The number of anilines is 1. The van der Waals surface area contributed by atoms with Crippen molar-refractivity contribution in [3.8, 4) is 0 Å². The third-order valence-electron chi connectivity index (χ3n) is 3.78. The lowest BCUT2D eigenvalue weighted by molar-refractivity contribution is -0.124. The molecule has 0 aliphatic carbocycles. The van der Waals surface area contributed by atoms with Gasteiger partial charge in [0, 0.05) is 18.7 Å². The quantitative estimate of drug-likeness (QED) is 0.824. The Kier molecular flexibility index (Phi) is 2.93. The molecule has 104 valence electrons. The maximum absolute atomic E-state index is 12.4. The van der Waals surface area contributed by atoms with Gasteiger partial charge in [0.15, 0.2) is 0 Å². The van der Waals surface area contributed by atoms with Crippen LogP contribution in [0.1, 0.15) is 28.8 Å². The maximum Gasteiger partial charge on any atom is 0.335 e. The Morgan fingerprint density at radius 3 is 2.75 bits per heavy atom. The highest BCUT2D eigenvalue weighted by Gasteiger charge is 2.34. The Labute approximate surface area is 115 Å². The highest BCUT2D eigenvalue weighted by molar-refractivity contribution is 6.02. The number of nitrogens with zero attached hydrogens (tertiary/aromatic N) is 1. The van der Waals surface area contributed by atoms with Gasteiger partial charge in [-0.05, 0) is 36.6 Å². The third kappa shape index (κ3) is 2.03. The van der Waals surface area contributed by atoms with Crippen LogP contribution < -0.4 is 10.2 Å². The smallest absolute Gasteiger partial charge is 0.335 e. The molecule has 1 fully saturated rings. The predicted molar refractivity (Wildman–Crippen MR) is 70.6 cm³/mol. The Morgan fingerprint density at radius 2 is 2.10 bits per heavy atom. The monoisotopic (exact) mass is 274 g/mol. The first-order valence-electron chi connectivity index (χ1n) is 6.53. The van der Waals surface area contributed by atoms with Crippen LogP contribution in [-0.2, 0) is 16.0 Å². The number of carboxylic acids is 1. The molecule has 0 bridgehead atoms. The first-order valence-corrected chi connectivity index (χ1v) is 6.53. The van der Waals surface area contributed by atoms with Gasteiger partial charge in [0.25, 0.3) is 0 Å². The summed E-state index contributed by atoms with van der Waals surface area (Å²) in [5, 5.41) is 11.6. The van der Waals surface area contributed by atoms with Crippen molar-refractivity contribution in [3.05, 3.63) is 29.3 Å². The van der Waals surface area contributed by atoms with E-state index in [0.717, 1.165) is 11.3 Å². The SMILES string of the molecule is O=C1CCC(C(=O)N2CCc3cc(C(=O)O)ccc32)N1. The fourth-order valence-corrected chi connectivity index (χ4v) is 2.75. The average molecular weight is 274 g/mol. The van der Waals surface area contributed by atoms with Crippen molar-refractivity contribution in [1.82, 2.24) is 5.32 Å². The molecule has 1 unspecified atom stereocenters. The lowest BCUT2D eigenvalue weighted by Gasteiger charge is -2.21. The molecule has 2 aliphatic rings. The van der Waals surface area contributed by atoms with E-state index in [-0.39, 0.29) is 17.4 Å². The van der Waals surface area contributed by atoms with Crippen LogP contribution in [0.5, 0.6) is 0 Å². The van der Waals surface area contributed by atoms with E-state index < -0.39 is 12.0 Å². The van der Waals surface area contributed by atoms with Crippen LogP contribution in [0.25, 0.3) is 0 Å². The van der Waals surface area contributed by atoms with Crippen molar-refractivity contribution in [2.75, 3.05) is 11.4 Å². The number of carbonyl (C=O) groups excluding carboxylic acids is 2. The minimum Gasteiger partial charge on any atom is -0.478 e. The number of rotatable bonds is 2. The van der Waals surface area contributed by atoms with Crippen molar-refractivity contribution in [2.24, 2.45) is 0 Å². The van der Waals surface area contributed by atoms with Gasteiger partial charge < -0.3 is 15.3 Å². The van der Waals surface area contributed by atoms with Crippen LogP contribution in [0.3, 0.4) is 0 Å². The highest BCUT2D eigenvalue weighted by atomic mass is 16.4. The minimum absolute atomic E-state index is 0.0935. The Hall–Kier alpha value is -2.37. The highest BCUT2D eigenvalue weighted by Crippen LogP contribution is 2.30. The van der Waals surface area contributed by atoms with E-state index in [9.17, 15) is 14.4 Å². The molecule has 1 saturated heterocycles. The van der Waals surface area contributed by atoms with Gasteiger partial charge in [0.2, 0.25) is 11.8 Å². The van der Waals surface area contributed by atoms with Crippen molar-refractivity contribution in [1.29, 1.82) is 0 Å². The molecular weight excluding hydrogens is 260 g/mol. The standard InChI is InChI=1S/C14H14N2O4/c17-12-4-2-10(15-12)13(18)16-6-5-8-7-9(14(19)20)1-3-11(8)16/h1,3,7,10H,2,4-6H2,(H,15,17)(H,19,20). The van der Waals surface area contributed by atoms with E-state index in [1.165, 1.54) is 6.07 Å². The van der Waals surface area contributed by atoms with Gasteiger partial charge in [0.05, 0.1) is 5.56 Å². The topological polar surface area (TPSA) is 86.7 Å². The van der Waals surface area contributed by atoms with Crippen LogP contribution in [0.2, 0.25) is 0 Å². The number of hydrogen-bond acceptors (Lipinski definition) is 3. The van der Waals surface area contributed by atoms with Gasteiger partial charge in [-0.2, -0.15) is 0 Å². The van der Waals surface area contributed by atoms with E-state index >= 15 is 0 Å². The van der Waals surface area contributed by atoms with Gasteiger partial charge in [-0.15, -0.1) is 0 Å². The van der Waals surface area contributed by atoms with Gasteiger partial charge >= 0.3 is 5.97 Å². The van der Waals surface area contributed by atoms with Gasteiger partial charge in [-0.25, -0.2) is 4.79 Å². The van der Waals surface area contributed by atoms with Gasteiger partial charge in [-0.3, -0.25) is 9.59 Å². The number of aromatic carboxylic acids is 1. The molecule has 2 heterocycles.